The summed E-state index contributed by atoms with van der Waals surface area (Å²) in [6.45, 7) is 0. The van der Waals surface area contributed by atoms with E-state index in [1.165, 1.54) is 6.42 Å². The molecule has 2 atom stereocenters. The largest absolute Gasteiger partial charge is 0.487 e. The topological polar surface area (TPSA) is 29.5 Å². The van der Waals surface area contributed by atoms with E-state index >= 15 is 0 Å². The number of hydrogen-bond acceptors (Lipinski definition) is 2. The Kier molecular flexibility index (Phi) is 4.24. The quantitative estimate of drug-likeness (QED) is 0.842. The molecule has 0 heterocycles. The average molecular weight is 285 g/mol. The van der Waals surface area contributed by atoms with Gasteiger partial charge in [-0.1, -0.05) is 25.0 Å². The van der Waals surface area contributed by atoms with Crippen LogP contribution >= 0.6 is 15.9 Å². The summed E-state index contributed by atoms with van der Waals surface area (Å²) in [6.07, 6.45) is 4.88. The fourth-order valence-corrected chi connectivity index (χ4v) is 2.47. The highest BCUT2D eigenvalue weighted by atomic mass is 79.9. The van der Waals surface area contributed by atoms with E-state index in [9.17, 15) is 5.11 Å². The van der Waals surface area contributed by atoms with Gasteiger partial charge in [0, 0.05) is 0 Å². The predicted octanol–water partition coefficient (Wildman–Crippen LogP) is 3.52. The number of para-hydroxylation sites is 1. The second-order valence-corrected chi connectivity index (χ2v) is 5.15. The number of halogens is 1. The fourth-order valence-electron chi connectivity index (χ4n) is 2.09. The summed E-state index contributed by atoms with van der Waals surface area (Å²) in [4.78, 5) is 0. The van der Waals surface area contributed by atoms with E-state index in [-0.39, 0.29) is 12.2 Å². The Balaban J connectivity index is 2.05. The van der Waals surface area contributed by atoms with Crippen molar-refractivity contribution in [1.29, 1.82) is 0 Å². The summed E-state index contributed by atoms with van der Waals surface area (Å²) >= 11 is 3.46. The molecule has 1 aliphatic rings. The molecule has 0 radical (unpaired) electrons. The zero-order valence-electron chi connectivity index (χ0n) is 9.23. The molecule has 0 amide bonds. The van der Waals surface area contributed by atoms with Crippen molar-refractivity contribution in [1.82, 2.24) is 0 Å². The number of ether oxygens (including phenoxy) is 1. The molecule has 0 aromatic heterocycles. The Hall–Kier alpha value is -0.540. The fraction of sp³-hybridized carbons (Fsp3) is 0.538. The summed E-state index contributed by atoms with van der Waals surface area (Å²) in [7, 11) is 0. The number of aliphatic hydroxyl groups is 1. The van der Waals surface area contributed by atoms with Gasteiger partial charge in [-0.2, -0.15) is 0 Å². The first-order valence-electron chi connectivity index (χ1n) is 5.86. The Morgan fingerprint density at radius 2 is 1.88 bits per heavy atom. The van der Waals surface area contributed by atoms with Crippen LogP contribution in [0.3, 0.4) is 0 Å². The van der Waals surface area contributed by atoms with Gasteiger partial charge in [0.15, 0.2) is 0 Å². The number of benzene rings is 1. The van der Waals surface area contributed by atoms with Crippen molar-refractivity contribution < 1.29 is 9.84 Å². The van der Waals surface area contributed by atoms with Gasteiger partial charge in [0.05, 0.1) is 10.6 Å². The molecule has 88 valence electrons. The van der Waals surface area contributed by atoms with Crippen LogP contribution in [-0.4, -0.2) is 17.3 Å². The van der Waals surface area contributed by atoms with E-state index < -0.39 is 0 Å². The van der Waals surface area contributed by atoms with Crippen LogP contribution in [0.5, 0.6) is 5.75 Å². The van der Waals surface area contributed by atoms with Gasteiger partial charge >= 0.3 is 0 Å². The van der Waals surface area contributed by atoms with Gasteiger partial charge in [0.2, 0.25) is 0 Å². The summed E-state index contributed by atoms with van der Waals surface area (Å²) in [5.41, 5.74) is 0. The molecule has 1 N–H and O–H groups in total. The summed E-state index contributed by atoms with van der Waals surface area (Å²) in [5, 5.41) is 9.96. The highest BCUT2D eigenvalue weighted by Crippen LogP contribution is 2.28. The first kappa shape index (κ1) is 11.9. The monoisotopic (exact) mass is 284 g/mol. The lowest BCUT2D eigenvalue weighted by Gasteiger charge is -2.22. The first-order valence-corrected chi connectivity index (χ1v) is 6.66. The number of rotatable bonds is 2. The maximum Gasteiger partial charge on any atom is 0.134 e. The van der Waals surface area contributed by atoms with Crippen molar-refractivity contribution in [3.8, 4) is 5.75 Å². The van der Waals surface area contributed by atoms with E-state index in [0.717, 1.165) is 35.9 Å². The predicted molar refractivity (Wildman–Crippen MR) is 67.6 cm³/mol. The van der Waals surface area contributed by atoms with Crippen molar-refractivity contribution in [3.05, 3.63) is 28.7 Å². The number of hydrogen-bond donors (Lipinski definition) is 1. The average Bonchev–Trinajstić information content (AvgIpc) is 2.48. The van der Waals surface area contributed by atoms with Crippen molar-refractivity contribution in [2.24, 2.45) is 0 Å². The maximum atomic E-state index is 9.96. The highest BCUT2D eigenvalue weighted by molar-refractivity contribution is 9.10. The van der Waals surface area contributed by atoms with E-state index in [1.807, 2.05) is 24.3 Å². The minimum Gasteiger partial charge on any atom is -0.487 e. The van der Waals surface area contributed by atoms with E-state index in [0.29, 0.717) is 0 Å². The highest BCUT2D eigenvalue weighted by Gasteiger charge is 2.23. The molecule has 1 aliphatic carbocycles. The van der Waals surface area contributed by atoms with Crippen molar-refractivity contribution in [2.75, 3.05) is 0 Å². The van der Waals surface area contributed by atoms with E-state index in [2.05, 4.69) is 15.9 Å². The normalized spacial score (nSPS) is 26.1. The summed E-state index contributed by atoms with van der Waals surface area (Å²) in [6, 6.07) is 7.80. The van der Waals surface area contributed by atoms with Crippen LogP contribution in [0.25, 0.3) is 0 Å². The molecule has 1 aromatic rings. The van der Waals surface area contributed by atoms with E-state index in [1.54, 1.807) is 0 Å². The Bertz CT molecular complexity index is 340. The van der Waals surface area contributed by atoms with Crippen LogP contribution in [0.15, 0.2) is 28.7 Å². The molecule has 0 saturated heterocycles. The SMILES string of the molecule is OC1CCCCCC1Oc1ccccc1Br. The lowest BCUT2D eigenvalue weighted by Crippen LogP contribution is -2.30. The molecule has 16 heavy (non-hydrogen) atoms. The standard InChI is InChI=1S/C13H17BrO2/c14-10-6-4-5-8-12(10)16-13-9-3-1-2-7-11(13)15/h4-6,8,11,13,15H,1-3,7,9H2. The third-order valence-corrected chi connectivity index (χ3v) is 3.69. The molecule has 2 unspecified atom stereocenters. The lowest BCUT2D eigenvalue weighted by molar-refractivity contribution is 0.0315. The third kappa shape index (κ3) is 2.98. The number of aliphatic hydroxyl groups excluding tert-OH is 1. The molecule has 1 aromatic carbocycles. The second kappa shape index (κ2) is 5.69. The molecule has 1 fully saturated rings. The smallest absolute Gasteiger partial charge is 0.134 e. The van der Waals surface area contributed by atoms with Crippen molar-refractivity contribution in [2.45, 2.75) is 44.3 Å². The molecule has 0 spiro atoms. The van der Waals surface area contributed by atoms with Crippen LogP contribution in [0.2, 0.25) is 0 Å². The lowest BCUT2D eigenvalue weighted by atomic mass is 10.1. The molecule has 1 saturated carbocycles. The Morgan fingerprint density at radius 1 is 1.12 bits per heavy atom. The van der Waals surface area contributed by atoms with Crippen molar-refractivity contribution in [3.63, 3.8) is 0 Å². The van der Waals surface area contributed by atoms with Crippen LogP contribution in [-0.2, 0) is 0 Å². The van der Waals surface area contributed by atoms with Gasteiger partial charge in [-0.05, 0) is 47.3 Å². The molecule has 2 nitrogen and oxygen atoms in total. The third-order valence-electron chi connectivity index (χ3n) is 3.03. The van der Waals surface area contributed by atoms with Gasteiger partial charge in [-0.15, -0.1) is 0 Å². The minimum absolute atomic E-state index is 0.0544. The zero-order valence-corrected chi connectivity index (χ0v) is 10.8. The Morgan fingerprint density at radius 3 is 2.69 bits per heavy atom. The Labute approximate surface area is 105 Å². The molecule has 0 bridgehead atoms. The van der Waals surface area contributed by atoms with Gasteiger partial charge < -0.3 is 9.84 Å². The maximum absolute atomic E-state index is 9.96. The van der Waals surface area contributed by atoms with Crippen molar-refractivity contribution >= 4 is 15.9 Å². The van der Waals surface area contributed by atoms with Gasteiger partial charge in [0.1, 0.15) is 11.9 Å². The first-order chi connectivity index (χ1) is 7.77. The molecular weight excluding hydrogens is 268 g/mol. The molecular formula is C13H17BrO2. The van der Waals surface area contributed by atoms with Gasteiger partial charge in [-0.3, -0.25) is 0 Å². The molecule has 0 aliphatic heterocycles. The van der Waals surface area contributed by atoms with Crippen LogP contribution in [0, 0.1) is 0 Å². The minimum atomic E-state index is -0.324. The van der Waals surface area contributed by atoms with Gasteiger partial charge in [0.25, 0.3) is 0 Å². The van der Waals surface area contributed by atoms with Crippen LogP contribution in [0.4, 0.5) is 0 Å². The van der Waals surface area contributed by atoms with Crippen LogP contribution in [0.1, 0.15) is 32.1 Å². The van der Waals surface area contributed by atoms with Gasteiger partial charge in [-0.25, -0.2) is 0 Å². The summed E-state index contributed by atoms with van der Waals surface area (Å²) < 4.78 is 6.83. The zero-order chi connectivity index (χ0) is 11.4. The van der Waals surface area contributed by atoms with E-state index in [4.69, 9.17) is 4.74 Å². The molecule has 2 rings (SSSR count). The summed E-state index contributed by atoms with van der Waals surface area (Å²) in [5.74, 6) is 0.827. The molecule has 3 heteroatoms. The van der Waals surface area contributed by atoms with Crippen LogP contribution < -0.4 is 4.74 Å². The second-order valence-electron chi connectivity index (χ2n) is 4.29.